The summed E-state index contributed by atoms with van der Waals surface area (Å²) in [5, 5.41) is 9.62. The number of sulfonamides is 1. The Hall–Kier alpha value is -1.66. The number of carboxylic acids is 1. The van der Waals surface area contributed by atoms with Crippen LogP contribution in [0.4, 0.5) is 14.6 Å². The van der Waals surface area contributed by atoms with Gasteiger partial charge in [0.1, 0.15) is 16.5 Å². The van der Waals surface area contributed by atoms with E-state index >= 15 is 0 Å². The van der Waals surface area contributed by atoms with Gasteiger partial charge in [0, 0.05) is 38.2 Å². The van der Waals surface area contributed by atoms with E-state index in [9.17, 15) is 22.0 Å². The molecule has 1 fully saturated rings. The van der Waals surface area contributed by atoms with Gasteiger partial charge in [0.25, 0.3) is 0 Å². The number of hydrogen-bond donors (Lipinski definition) is 1. The molecule has 2 atom stereocenters. The number of carboxylic acid groups (broad SMARTS) is 1. The van der Waals surface area contributed by atoms with Crippen LogP contribution in [0.5, 0.6) is 5.75 Å². The highest BCUT2D eigenvalue weighted by atomic mass is 32.2. The van der Waals surface area contributed by atoms with Crippen LogP contribution in [0.25, 0.3) is 0 Å². The Balaban J connectivity index is 2.07. The first-order valence-electron chi connectivity index (χ1n) is 11.4. The molecule has 0 saturated heterocycles. The molecule has 2 aliphatic rings. The van der Waals surface area contributed by atoms with Gasteiger partial charge < -0.3 is 14.7 Å². The van der Waals surface area contributed by atoms with Gasteiger partial charge in [0.05, 0.1) is 5.92 Å². The summed E-state index contributed by atoms with van der Waals surface area (Å²) in [6, 6.07) is 0.846. The van der Waals surface area contributed by atoms with E-state index in [1.807, 2.05) is 4.90 Å². The van der Waals surface area contributed by atoms with Crippen LogP contribution in [-0.4, -0.2) is 73.2 Å². The molecule has 12 heteroatoms. The normalized spacial score (nSPS) is 22.3. The van der Waals surface area contributed by atoms with Gasteiger partial charge in [-0.15, -0.1) is 11.8 Å². The third kappa shape index (κ3) is 5.93. The van der Waals surface area contributed by atoms with Crippen LogP contribution >= 0.6 is 11.8 Å². The average molecular weight is 522 g/mol. The predicted molar refractivity (Wildman–Crippen MR) is 127 cm³/mol. The van der Waals surface area contributed by atoms with Crippen molar-refractivity contribution in [3.63, 3.8) is 0 Å². The fourth-order valence-electron chi connectivity index (χ4n) is 4.39. The number of aromatic nitrogens is 1. The number of thioether (sulfide) groups is 1. The van der Waals surface area contributed by atoms with Crippen molar-refractivity contribution in [1.29, 1.82) is 0 Å². The molecule has 1 aliphatic heterocycles. The molecule has 3 rings (SSSR count). The second kappa shape index (κ2) is 10.5. The molecule has 2 heterocycles. The Morgan fingerprint density at radius 1 is 1.38 bits per heavy atom. The first-order valence-corrected chi connectivity index (χ1v) is 14.1. The molecular weight excluding hydrogens is 488 g/mol. The number of carbonyl (C=O) groups is 1. The molecule has 0 radical (unpaired) electrons. The minimum atomic E-state index is -4.06. The average Bonchev–Trinajstić information content (AvgIpc) is 3.28. The Kier molecular flexibility index (Phi) is 8.34. The summed E-state index contributed by atoms with van der Waals surface area (Å²) in [5.41, 5.74) is 0. The zero-order chi connectivity index (χ0) is 25.3. The standard InChI is InChI=1S/C22H33F2N3O5S2/c1-14(21(28)29)13-32-17-11-18-19(25-20(17)33-4)27(15-7-5-6-8-15)12-16(9-10-22(2,23)24)26(3)34(18,30)31/h11,14-16H,5-10,12-13H2,1-4H3,(H,28,29)/t14-,16-/m1/s1. The molecule has 8 nitrogen and oxygen atoms in total. The molecule has 0 spiro atoms. The van der Waals surface area contributed by atoms with Crippen LogP contribution in [-0.2, 0) is 14.8 Å². The maximum Gasteiger partial charge on any atom is 0.309 e. The molecular formula is C22H33F2N3O5S2. The van der Waals surface area contributed by atoms with Crippen molar-refractivity contribution in [2.45, 2.75) is 80.3 Å². The largest absolute Gasteiger partial charge is 0.490 e. The minimum absolute atomic E-state index is 0.0192. The van der Waals surface area contributed by atoms with Crippen molar-refractivity contribution in [2.24, 2.45) is 5.92 Å². The number of fused-ring (bicyclic) bond motifs is 1. The van der Waals surface area contributed by atoms with Crippen molar-refractivity contribution in [3.05, 3.63) is 6.07 Å². The number of nitrogens with zero attached hydrogens (tertiary/aromatic N) is 3. The first kappa shape index (κ1) is 26.9. The molecule has 1 aromatic heterocycles. The molecule has 1 N–H and O–H groups in total. The van der Waals surface area contributed by atoms with Crippen LogP contribution in [0.2, 0.25) is 0 Å². The van der Waals surface area contributed by atoms with Gasteiger partial charge in [-0.2, -0.15) is 4.31 Å². The lowest BCUT2D eigenvalue weighted by atomic mass is 10.1. The van der Waals surface area contributed by atoms with E-state index < -0.39 is 40.3 Å². The van der Waals surface area contributed by atoms with Crippen LogP contribution in [0.15, 0.2) is 16.0 Å². The zero-order valence-electron chi connectivity index (χ0n) is 20.0. The minimum Gasteiger partial charge on any atom is -0.490 e. The molecule has 192 valence electrons. The molecule has 0 amide bonds. The summed E-state index contributed by atoms with van der Waals surface area (Å²) in [6.45, 7) is 2.48. The van der Waals surface area contributed by atoms with Crippen molar-refractivity contribution in [2.75, 3.05) is 31.4 Å². The van der Waals surface area contributed by atoms with E-state index in [1.54, 1.807) is 6.26 Å². The second-order valence-corrected chi connectivity index (χ2v) is 12.0. The predicted octanol–water partition coefficient (Wildman–Crippen LogP) is 4.09. The summed E-state index contributed by atoms with van der Waals surface area (Å²) in [7, 11) is -2.64. The summed E-state index contributed by atoms with van der Waals surface area (Å²) < 4.78 is 61.5. The van der Waals surface area contributed by atoms with Gasteiger partial charge >= 0.3 is 5.97 Å². The number of alkyl halides is 2. The second-order valence-electron chi connectivity index (χ2n) is 9.24. The third-order valence-corrected chi connectivity index (χ3v) is 9.13. The number of ether oxygens (including phenoxy) is 1. The molecule has 34 heavy (non-hydrogen) atoms. The summed E-state index contributed by atoms with van der Waals surface area (Å²) in [6.07, 6.45) is 5.17. The van der Waals surface area contributed by atoms with Gasteiger partial charge in [-0.05, 0) is 39.4 Å². The number of pyridine rings is 1. The Morgan fingerprint density at radius 2 is 2.03 bits per heavy atom. The van der Waals surface area contributed by atoms with Crippen LogP contribution in [0.3, 0.4) is 0 Å². The van der Waals surface area contributed by atoms with E-state index in [0.717, 1.165) is 32.6 Å². The van der Waals surface area contributed by atoms with E-state index in [4.69, 9.17) is 9.84 Å². The van der Waals surface area contributed by atoms with Crippen molar-refractivity contribution < 1.29 is 31.8 Å². The zero-order valence-corrected chi connectivity index (χ0v) is 21.6. The molecule has 0 aromatic carbocycles. The monoisotopic (exact) mass is 521 g/mol. The van der Waals surface area contributed by atoms with Gasteiger partial charge in [0.2, 0.25) is 15.9 Å². The molecule has 1 aliphatic carbocycles. The summed E-state index contributed by atoms with van der Waals surface area (Å²) >= 11 is 1.28. The molecule has 0 bridgehead atoms. The maximum atomic E-state index is 13.7. The van der Waals surface area contributed by atoms with E-state index in [2.05, 4.69) is 4.98 Å². The highest BCUT2D eigenvalue weighted by Gasteiger charge is 2.41. The van der Waals surface area contributed by atoms with E-state index in [-0.39, 0.29) is 36.3 Å². The number of rotatable bonds is 9. The first-order chi connectivity index (χ1) is 15.8. The smallest absolute Gasteiger partial charge is 0.309 e. The molecule has 0 unspecified atom stereocenters. The lowest BCUT2D eigenvalue weighted by Crippen LogP contribution is -2.45. The highest BCUT2D eigenvalue weighted by Crippen LogP contribution is 2.41. The van der Waals surface area contributed by atoms with Gasteiger partial charge in [0.15, 0.2) is 11.6 Å². The van der Waals surface area contributed by atoms with Crippen LogP contribution < -0.4 is 9.64 Å². The number of hydrogen-bond acceptors (Lipinski definition) is 7. The van der Waals surface area contributed by atoms with Gasteiger partial charge in [-0.3, -0.25) is 4.79 Å². The Morgan fingerprint density at radius 3 is 2.59 bits per heavy atom. The SMILES string of the molecule is CSc1nc2c(cc1OC[C@@H](C)C(=O)O)S(=O)(=O)N(C)[C@H](CCC(C)(F)F)CN2C1CCCC1. The quantitative estimate of drug-likeness (QED) is 0.485. The topological polar surface area (TPSA) is 100 Å². The van der Waals surface area contributed by atoms with E-state index in [0.29, 0.717) is 10.8 Å². The van der Waals surface area contributed by atoms with Crippen LogP contribution in [0.1, 0.15) is 52.4 Å². The third-order valence-electron chi connectivity index (χ3n) is 6.54. The molecule has 1 saturated carbocycles. The number of halogens is 2. The van der Waals surface area contributed by atoms with Gasteiger partial charge in [-0.1, -0.05) is 12.8 Å². The summed E-state index contributed by atoms with van der Waals surface area (Å²) in [5.74, 6) is -4.20. The Labute approximate surface area is 204 Å². The highest BCUT2D eigenvalue weighted by molar-refractivity contribution is 7.98. The van der Waals surface area contributed by atoms with Crippen molar-refractivity contribution in [3.8, 4) is 5.75 Å². The fraction of sp³-hybridized carbons (Fsp3) is 0.727. The lowest BCUT2D eigenvalue weighted by Gasteiger charge is -2.33. The Bertz CT molecular complexity index is 997. The van der Waals surface area contributed by atoms with Crippen molar-refractivity contribution in [1.82, 2.24) is 9.29 Å². The van der Waals surface area contributed by atoms with Gasteiger partial charge in [-0.25, -0.2) is 22.2 Å². The maximum absolute atomic E-state index is 13.7. The lowest BCUT2D eigenvalue weighted by molar-refractivity contribution is -0.142. The molecule has 1 aromatic rings. The number of aliphatic carboxylic acids is 1. The van der Waals surface area contributed by atoms with Crippen molar-refractivity contribution >= 4 is 33.6 Å². The number of likely N-dealkylation sites (N-methyl/N-ethyl adjacent to an activating group) is 1. The fourth-order valence-corrected chi connectivity index (χ4v) is 6.42. The van der Waals surface area contributed by atoms with Crippen LogP contribution in [0, 0.1) is 5.92 Å². The van der Waals surface area contributed by atoms with E-state index in [1.165, 1.54) is 36.1 Å². The summed E-state index contributed by atoms with van der Waals surface area (Å²) in [4.78, 5) is 17.8. The number of anilines is 1.